The van der Waals surface area contributed by atoms with Gasteiger partial charge in [0.05, 0.1) is 10.5 Å². The van der Waals surface area contributed by atoms with E-state index < -0.39 is 15.9 Å². The number of aromatic hydroxyl groups is 1. The van der Waals surface area contributed by atoms with Gasteiger partial charge in [0, 0.05) is 18.2 Å². The lowest BCUT2D eigenvalue weighted by Gasteiger charge is -2.31. The van der Waals surface area contributed by atoms with Crippen molar-refractivity contribution < 1.29 is 18.3 Å². The van der Waals surface area contributed by atoms with Crippen LogP contribution in [0.25, 0.3) is 0 Å². The maximum absolute atomic E-state index is 12.6. The number of nitrogens with zero attached hydrogens (tertiary/aromatic N) is 1. The molecule has 150 valence electrons. The number of hydrazone groups is 1. The van der Waals surface area contributed by atoms with E-state index in [1.165, 1.54) is 12.1 Å². The van der Waals surface area contributed by atoms with Crippen LogP contribution in [0.4, 0.5) is 0 Å². The summed E-state index contributed by atoms with van der Waals surface area (Å²) in [5, 5.41) is 14.2. The van der Waals surface area contributed by atoms with Crippen LogP contribution in [0.3, 0.4) is 0 Å². The van der Waals surface area contributed by atoms with Gasteiger partial charge >= 0.3 is 0 Å². The Morgan fingerprint density at radius 1 is 1.17 bits per heavy atom. The number of hydrogen-bond acceptors (Lipinski definition) is 5. The van der Waals surface area contributed by atoms with Crippen LogP contribution in [-0.4, -0.2) is 25.1 Å². The van der Waals surface area contributed by atoms with Gasteiger partial charge < -0.3 is 5.11 Å². The largest absolute Gasteiger partial charge is 0.507 e. The zero-order chi connectivity index (χ0) is 20.4. The second-order valence-corrected chi connectivity index (χ2v) is 8.94. The minimum absolute atomic E-state index is 0.104. The first kappa shape index (κ1) is 19.4. The van der Waals surface area contributed by atoms with Gasteiger partial charge in [-0.05, 0) is 42.5 Å². The summed E-state index contributed by atoms with van der Waals surface area (Å²) in [6.07, 6.45) is 6.01. The molecule has 0 unspecified atom stereocenters. The summed E-state index contributed by atoms with van der Waals surface area (Å²) in [5.74, 6) is -0.107. The first-order valence-corrected chi connectivity index (χ1v) is 10.8. The Morgan fingerprint density at radius 2 is 1.97 bits per heavy atom. The van der Waals surface area contributed by atoms with Gasteiger partial charge in [-0.25, -0.2) is 18.6 Å². The fraction of sp³-hybridized carbons (Fsp3) is 0.238. The normalized spacial score (nSPS) is 21.6. The molecule has 0 heterocycles. The molecule has 1 amide bonds. The minimum atomic E-state index is -3.85. The van der Waals surface area contributed by atoms with Crippen molar-refractivity contribution in [3.63, 3.8) is 0 Å². The van der Waals surface area contributed by atoms with E-state index in [-0.39, 0.29) is 22.8 Å². The highest BCUT2D eigenvalue weighted by atomic mass is 32.2. The molecule has 0 bridgehead atoms. The topological polar surface area (TPSA) is 108 Å². The molecule has 4 rings (SSSR count). The summed E-state index contributed by atoms with van der Waals surface area (Å²) in [5.41, 5.74) is 4.02. The summed E-state index contributed by atoms with van der Waals surface area (Å²) in [6, 6.07) is 12.7. The molecule has 0 saturated heterocycles. The molecule has 8 heteroatoms. The average molecular weight is 411 g/mol. The third kappa shape index (κ3) is 4.08. The van der Waals surface area contributed by atoms with E-state index in [0.29, 0.717) is 11.8 Å². The number of phenolic OH excluding ortho intramolecular Hbond substituents is 1. The van der Waals surface area contributed by atoms with Crippen LogP contribution in [0, 0.1) is 11.8 Å². The molecule has 2 aromatic rings. The molecule has 29 heavy (non-hydrogen) atoms. The number of amides is 1. The number of sulfonamides is 1. The van der Waals surface area contributed by atoms with E-state index in [2.05, 4.69) is 27.4 Å². The molecule has 0 aliphatic heterocycles. The summed E-state index contributed by atoms with van der Waals surface area (Å²) >= 11 is 0. The highest BCUT2D eigenvalue weighted by Crippen LogP contribution is 2.40. The number of benzene rings is 2. The number of carbonyl (C=O) groups excluding carboxylic acids is 1. The lowest BCUT2D eigenvalue weighted by Crippen LogP contribution is -2.35. The third-order valence-electron chi connectivity index (χ3n) is 5.30. The van der Waals surface area contributed by atoms with Crippen LogP contribution in [0.5, 0.6) is 5.75 Å². The smallest absolute Gasteiger partial charge is 0.275 e. The molecule has 0 radical (unpaired) electrons. The predicted molar refractivity (Wildman–Crippen MR) is 109 cm³/mol. The van der Waals surface area contributed by atoms with Crippen molar-refractivity contribution in [2.75, 3.05) is 0 Å². The number of allylic oxidation sites excluding steroid dienone is 2. The number of phenols is 1. The molecule has 2 aliphatic rings. The molecule has 2 atom stereocenters. The summed E-state index contributed by atoms with van der Waals surface area (Å²) in [7, 11) is -3.85. The number of carbonyl (C=O) groups is 1. The maximum Gasteiger partial charge on any atom is 0.275 e. The van der Waals surface area contributed by atoms with Crippen LogP contribution in [0.1, 0.15) is 28.8 Å². The molecule has 0 aromatic heterocycles. The van der Waals surface area contributed by atoms with Crippen molar-refractivity contribution in [2.45, 2.75) is 24.3 Å². The van der Waals surface area contributed by atoms with Gasteiger partial charge in [-0.2, -0.15) is 5.10 Å². The Kier molecular flexibility index (Phi) is 5.21. The van der Waals surface area contributed by atoms with E-state index in [9.17, 15) is 18.3 Å². The van der Waals surface area contributed by atoms with E-state index in [1.807, 2.05) is 30.3 Å². The zero-order valence-corrected chi connectivity index (χ0v) is 16.4. The van der Waals surface area contributed by atoms with Crippen molar-refractivity contribution in [3.8, 4) is 5.75 Å². The van der Waals surface area contributed by atoms with Crippen LogP contribution >= 0.6 is 0 Å². The first-order chi connectivity index (χ1) is 13.9. The highest BCUT2D eigenvalue weighted by Gasteiger charge is 2.38. The molecular formula is C21H21N3O4S. The van der Waals surface area contributed by atoms with Crippen molar-refractivity contribution in [3.05, 3.63) is 71.8 Å². The monoisotopic (exact) mass is 411 g/mol. The van der Waals surface area contributed by atoms with Crippen molar-refractivity contribution in [2.24, 2.45) is 16.9 Å². The maximum atomic E-state index is 12.6. The van der Waals surface area contributed by atoms with Crippen LogP contribution < -0.4 is 10.1 Å². The van der Waals surface area contributed by atoms with E-state index in [0.717, 1.165) is 30.2 Å². The Morgan fingerprint density at radius 3 is 2.72 bits per heavy atom. The lowest BCUT2D eigenvalue weighted by molar-refractivity contribution is 0.0951. The van der Waals surface area contributed by atoms with E-state index in [1.54, 1.807) is 0 Å². The lowest BCUT2D eigenvalue weighted by atomic mass is 9.74. The molecule has 2 aromatic carbocycles. The standard InChI is InChI=1S/C21H21N3O4S/c25-20-10-9-16(29(27,28)22-13-14-5-2-1-3-6-14)12-18(20)21(26)24-23-19-11-15-7-4-8-17(15)19/h1-7,9-10,12,15,17,22,25H,8,11,13H2,(H,24,26)/b23-19-/t15-,17+/m1/s1. The summed E-state index contributed by atoms with van der Waals surface area (Å²) in [4.78, 5) is 12.3. The Labute approximate surface area is 169 Å². The first-order valence-electron chi connectivity index (χ1n) is 9.34. The van der Waals surface area contributed by atoms with Crippen LogP contribution in [-0.2, 0) is 16.6 Å². The number of nitrogens with one attached hydrogen (secondary N) is 2. The molecule has 1 fully saturated rings. The molecule has 0 spiro atoms. The Balaban J connectivity index is 1.46. The van der Waals surface area contributed by atoms with Crippen molar-refractivity contribution in [1.82, 2.24) is 10.1 Å². The zero-order valence-electron chi connectivity index (χ0n) is 15.6. The predicted octanol–water partition coefficient (Wildman–Crippen LogP) is 2.55. The fourth-order valence-electron chi connectivity index (χ4n) is 3.57. The van der Waals surface area contributed by atoms with E-state index >= 15 is 0 Å². The van der Waals surface area contributed by atoms with Crippen molar-refractivity contribution in [1.29, 1.82) is 0 Å². The van der Waals surface area contributed by atoms with Gasteiger partial charge in [-0.1, -0.05) is 42.5 Å². The van der Waals surface area contributed by atoms with Crippen LogP contribution in [0.2, 0.25) is 0 Å². The third-order valence-corrected chi connectivity index (χ3v) is 6.70. The number of fused-ring (bicyclic) bond motifs is 1. The Bertz CT molecular complexity index is 1090. The minimum Gasteiger partial charge on any atom is -0.507 e. The molecule has 3 N–H and O–H groups in total. The quantitative estimate of drug-likeness (QED) is 0.501. The number of rotatable bonds is 6. The molecule has 1 saturated carbocycles. The fourth-order valence-corrected chi connectivity index (χ4v) is 4.61. The van der Waals surface area contributed by atoms with E-state index in [4.69, 9.17) is 0 Å². The summed E-state index contributed by atoms with van der Waals surface area (Å²) in [6.45, 7) is 0.121. The van der Waals surface area contributed by atoms with Gasteiger partial charge in [-0.15, -0.1) is 0 Å². The number of hydrogen-bond donors (Lipinski definition) is 3. The molecule has 2 aliphatic carbocycles. The van der Waals surface area contributed by atoms with Gasteiger partial charge in [0.15, 0.2) is 0 Å². The average Bonchev–Trinajstić information content (AvgIpc) is 3.08. The second kappa shape index (κ2) is 7.81. The molecular weight excluding hydrogens is 390 g/mol. The van der Waals surface area contributed by atoms with Gasteiger partial charge in [0.2, 0.25) is 10.0 Å². The Hall–Kier alpha value is -2.97. The van der Waals surface area contributed by atoms with Gasteiger partial charge in [0.1, 0.15) is 5.75 Å². The molecule has 7 nitrogen and oxygen atoms in total. The SMILES string of the molecule is O=C(N/N=C1/C[C@H]2C=CC[C@H]12)c1cc(S(=O)(=O)NCc2ccccc2)ccc1O. The summed E-state index contributed by atoms with van der Waals surface area (Å²) < 4.78 is 27.7. The van der Waals surface area contributed by atoms with Gasteiger partial charge in [-0.3, -0.25) is 4.79 Å². The van der Waals surface area contributed by atoms with Gasteiger partial charge in [0.25, 0.3) is 5.91 Å². The highest BCUT2D eigenvalue weighted by molar-refractivity contribution is 7.89. The van der Waals surface area contributed by atoms with Crippen molar-refractivity contribution >= 4 is 21.6 Å². The second-order valence-electron chi connectivity index (χ2n) is 7.17. The van der Waals surface area contributed by atoms with Crippen LogP contribution in [0.15, 0.2) is 70.7 Å².